The van der Waals surface area contributed by atoms with Crippen LogP contribution in [0.5, 0.6) is 5.75 Å². The molecule has 0 unspecified atom stereocenters. The fraction of sp³-hybridized carbons (Fsp3) is 0.0556. The fourth-order valence-corrected chi connectivity index (χ4v) is 3.54. The Balaban J connectivity index is 1.48. The van der Waals surface area contributed by atoms with Crippen LogP contribution in [0.1, 0.15) is 11.5 Å². The first-order valence-electron chi connectivity index (χ1n) is 8.13. The van der Waals surface area contributed by atoms with Crippen molar-refractivity contribution in [3.63, 3.8) is 0 Å². The van der Waals surface area contributed by atoms with Gasteiger partial charge in [0.05, 0.1) is 22.5 Å². The molecule has 0 saturated carbocycles. The summed E-state index contributed by atoms with van der Waals surface area (Å²) in [5.41, 5.74) is 0. The molecule has 3 heterocycles. The summed E-state index contributed by atoms with van der Waals surface area (Å²) in [6, 6.07) is 10.1. The van der Waals surface area contributed by atoms with Crippen molar-refractivity contribution in [1.82, 2.24) is 14.9 Å². The van der Waals surface area contributed by atoms with Crippen molar-refractivity contribution >= 4 is 53.2 Å². The van der Waals surface area contributed by atoms with Gasteiger partial charge < -0.3 is 13.6 Å². The van der Waals surface area contributed by atoms with E-state index in [-0.39, 0.29) is 6.61 Å². The number of nitrogens with zero attached hydrogens (tertiary/aromatic N) is 3. The molecule has 0 atom stereocenters. The number of aromatic nitrogens is 3. The molecule has 148 valence electrons. The first-order chi connectivity index (χ1) is 14.0. The Morgan fingerprint density at radius 2 is 2.00 bits per heavy atom. The summed E-state index contributed by atoms with van der Waals surface area (Å²) in [7, 11) is 0. The van der Waals surface area contributed by atoms with E-state index in [1.807, 2.05) is 0 Å². The average Bonchev–Trinajstić information content (AvgIpc) is 3.40. The molecule has 0 fully saturated rings. The van der Waals surface area contributed by atoms with Gasteiger partial charge in [0.15, 0.2) is 11.5 Å². The highest BCUT2D eigenvalue weighted by Gasteiger charge is 2.12. The monoisotopic (exact) mass is 468 g/mol. The zero-order valence-corrected chi connectivity index (χ0v) is 17.5. The topological polar surface area (TPSA) is 81.5 Å². The molecule has 3 aromatic heterocycles. The third-order valence-electron chi connectivity index (χ3n) is 3.70. The number of hydrogen-bond acceptors (Lipinski definition) is 6. The Hall–Kier alpha value is -2.52. The Morgan fingerprint density at radius 1 is 1.21 bits per heavy atom. The molecule has 7 nitrogen and oxygen atoms in total. The average molecular weight is 470 g/mol. The minimum atomic E-state index is 0.123. The molecule has 0 spiro atoms. The number of benzene rings is 1. The molecule has 29 heavy (non-hydrogen) atoms. The van der Waals surface area contributed by atoms with Crippen LogP contribution in [0.2, 0.25) is 15.1 Å². The SMILES string of the molecule is S=c1[nH]nc(-c2ccco2)n1N=Cc1ccc(COc2c(Cl)cc(Cl)cc2Cl)o1. The van der Waals surface area contributed by atoms with Gasteiger partial charge >= 0.3 is 0 Å². The quantitative estimate of drug-likeness (QED) is 0.268. The second-order valence-corrected chi connectivity index (χ2v) is 7.31. The summed E-state index contributed by atoms with van der Waals surface area (Å²) >= 11 is 23.3. The molecule has 1 N–H and O–H groups in total. The lowest BCUT2D eigenvalue weighted by atomic mass is 10.3. The number of rotatable bonds is 6. The molecule has 1 aromatic carbocycles. The lowest BCUT2D eigenvalue weighted by molar-refractivity contribution is 0.270. The van der Waals surface area contributed by atoms with Crippen LogP contribution >= 0.6 is 47.0 Å². The van der Waals surface area contributed by atoms with Crippen LogP contribution in [0.15, 0.2) is 56.6 Å². The number of ether oxygens (including phenoxy) is 1. The Bertz CT molecular complexity index is 1200. The van der Waals surface area contributed by atoms with E-state index in [0.717, 1.165) is 0 Å². The highest BCUT2D eigenvalue weighted by Crippen LogP contribution is 2.36. The summed E-state index contributed by atoms with van der Waals surface area (Å²) in [5, 5.41) is 12.2. The number of aromatic amines is 1. The van der Waals surface area contributed by atoms with Gasteiger partial charge in [0.25, 0.3) is 0 Å². The first-order valence-corrected chi connectivity index (χ1v) is 9.67. The van der Waals surface area contributed by atoms with Crippen LogP contribution in [0.3, 0.4) is 0 Å². The second kappa shape index (κ2) is 8.46. The molecule has 4 rings (SSSR count). The molecule has 0 radical (unpaired) electrons. The van der Waals surface area contributed by atoms with Crippen LogP contribution in [-0.4, -0.2) is 21.1 Å². The third kappa shape index (κ3) is 4.40. The third-order valence-corrected chi connectivity index (χ3v) is 4.74. The van der Waals surface area contributed by atoms with Crippen LogP contribution in [0.25, 0.3) is 11.6 Å². The molecule has 0 bridgehead atoms. The largest absolute Gasteiger partial charge is 0.483 e. The molecule has 4 aromatic rings. The molecular weight excluding hydrogens is 459 g/mol. The zero-order valence-electron chi connectivity index (χ0n) is 14.4. The van der Waals surface area contributed by atoms with E-state index in [2.05, 4.69) is 15.3 Å². The van der Waals surface area contributed by atoms with Gasteiger partial charge in [0.2, 0.25) is 10.6 Å². The fourth-order valence-electron chi connectivity index (χ4n) is 2.43. The highest BCUT2D eigenvalue weighted by molar-refractivity contribution is 7.71. The predicted octanol–water partition coefficient (Wildman–Crippen LogP) is 6.22. The van der Waals surface area contributed by atoms with Gasteiger partial charge in [0, 0.05) is 5.02 Å². The number of halogens is 3. The Kier molecular flexibility index (Phi) is 5.77. The second-order valence-electron chi connectivity index (χ2n) is 5.68. The Morgan fingerprint density at radius 3 is 2.72 bits per heavy atom. The van der Waals surface area contributed by atoms with Crippen molar-refractivity contribution in [2.45, 2.75) is 6.61 Å². The number of H-pyrrole nitrogens is 1. The molecule has 11 heteroatoms. The molecule has 0 aliphatic rings. The smallest absolute Gasteiger partial charge is 0.219 e. The van der Waals surface area contributed by atoms with Crippen molar-refractivity contribution in [2.24, 2.45) is 5.10 Å². The summed E-state index contributed by atoms with van der Waals surface area (Å²) in [5.74, 6) is 2.34. The molecular formula is C18H11Cl3N4O3S. The standard InChI is InChI=1S/C18H11Cl3N4O3S/c19-10-6-13(20)16(14(21)7-10)27-9-12-4-3-11(28-12)8-22-25-17(23-24-18(25)29)15-2-1-5-26-15/h1-8H,9H2,(H,24,29). The lowest BCUT2D eigenvalue weighted by Gasteiger charge is -2.08. The van der Waals surface area contributed by atoms with Crippen molar-refractivity contribution in [3.8, 4) is 17.3 Å². The van der Waals surface area contributed by atoms with Gasteiger partial charge in [0.1, 0.15) is 18.1 Å². The minimum absolute atomic E-state index is 0.123. The molecule has 0 aliphatic carbocycles. The van der Waals surface area contributed by atoms with E-state index in [1.54, 1.807) is 42.7 Å². The van der Waals surface area contributed by atoms with Gasteiger partial charge in [-0.2, -0.15) is 9.78 Å². The van der Waals surface area contributed by atoms with Gasteiger partial charge in [-0.25, -0.2) is 5.10 Å². The lowest BCUT2D eigenvalue weighted by Crippen LogP contribution is -1.95. The summed E-state index contributed by atoms with van der Waals surface area (Å²) < 4.78 is 18.4. The van der Waals surface area contributed by atoms with E-state index in [9.17, 15) is 0 Å². The highest BCUT2D eigenvalue weighted by atomic mass is 35.5. The maximum atomic E-state index is 6.11. The number of hydrogen-bond donors (Lipinski definition) is 1. The Labute approximate surface area is 184 Å². The minimum Gasteiger partial charge on any atom is -0.483 e. The van der Waals surface area contributed by atoms with Crippen molar-refractivity contribution in [2.75, 3.05) is 0 Å². The predicted molar refractivity (Wildman–Crippen MR) is 113 cm³/mol. The van der Waals surface area contributed by atoms with Crippen molar-refractivity contribution in [3.05, 3.63) is 74.0 Å². The normalized spacial score (nSPS) is 11.4. The maximum absolute atomic E-state index is 6.11. The van der Waals surface area contributed by atoms with E-state index >= 15 is 0 Å². The van der Waals surface area contributed by atoms with Crippen LogP contribution in [-0.2, 0) is 6.61 Å². The van der Waals surface area contributed by atoms with Crippen LogP contribution < -0.4 is 4.74 Å². The molecule has 0 aliphatic heterocycles. The van der Waals surface area contributed by atoms with Gasteiger partial charge in [-0.15, -0.1) is 5.10 Å². The number of furan rings is 2. The van der Waals surface area contributed by atoms with Gasteiger partial charge in [-0.05, 0) is 48.6 Å². The molecule has 0 amide bonds. The van der Waals surface area contributed by atoms with Crippen molar-refractivity contribution < 1.29 is 13.6 Å². The van der Waals surface area contributed by atoms with E-state index < -0.39 is 0 Å². The first kappa shape index (κ1) is 19.8. The maximum Gasteiger partial charge on any atom is 0.219 e. The van der Waals surface area contributed by atoms with Gasteiger partial charge in [-0.3, -0.25) is 0 Å². The van der Waals surface area contributed by atoms with E-state index in [4.69, 9.17) is 60.6 Å². The summed E-state index contributed by atoms with van der Waals surface area (Å²) in [6.45, 7) is 0.123. The number of nitrogens with one attached hydrogen (secondary N) is 1. The van der Waals surface area contributed by atoms with Crippen molar-refractivity contribution in [1.29, 1.82) is 0 Å². The van der Waals surface area contributed by atoms with Crippen LogP contribution in [0.4, 0.5) is 0 Å². The van der Waals surface area contributed by atoms with E-state index in [1.165, 1.54) is 10.9 Å². The van der Waals surface area contributed by atoms with E-state index in [0.29, 0.717) is 48.7 Å². The summed E-state index contributed by atoms with van der Waals surface area (Å²) in [4.78, 5) is 0. The zero-order chi connectivity index (χ0) is 20.4. The molecule has 0 saturated heterocycles. The van der Waals surface area contributed by atoms with Gasteiger partial charge in [-0.1, -0.05) is 34.8 Å². The summed E-state index contributed by atoms with van der Waals surface area (Å²) in [6.07, 6.45) is 3.04. The van der Waals surface area contributed by atoms with Crippen LogP contribution in [0, 0.1) is 4.77 Å².